The first-order valence-corrected chi connectivity index (χ1v) is 9.73. The second kappa shape index (κ2) is 6.03. The summed E-state index contributed by atoms with van der Waals surface area (Å²) < 4.78 is 16.9. The monoisotopic (exact) mass is 374 g/mol. The van der Waals surface area contributed by atoms with Crippen molar-refractivity contribution in [3.8, 4) is 0 Å². The topological polar surface area (TPSA) is 78.9 Å². The Bertz CT molecular complexity index is 741. The number of hydrogen-bond donors (Lipinski definition) is 0. The zero-order chi connectivity index (χ0) is 19.4. The fourth-order valence-electron chi connectivity index (χ4n) is 6.55. The quantitative estimate of drug-likeness (QED) is 0.525. The molecule has 146 valence electrons. The van der Waals surface area contributed by atoms with Crippen molar-refractivity contribution in [2.24, 2.45) is 28.6 Å². The Kier molecular flexibility index (Phi) is 4.11. The van der Waals surface area contributed by atoms with E-state index in [0.29, 0.717) is 25.7 Å². The van der Waals surface area contributed by atoms with E-state index < -0.39 is 22.5 Å². The number of ketones is 1. The van der Waals surface area contributed by atoms with E-state index in [9.17, 15) is 14.4 Å². The molecule has 2 bridgehead atoms. The van der Waals surface area contributed by atoms with Gasteiger partial charge in [0.15, 0.2) is 5.78 Å². The molecule has 2 saturated carbocycles. The lowest BCUT2D eigenvalue weighted by Gasteiger charge is -2.51. The van der Waals surface area contributed by atoms with Gasteiger partial charge in [0.2, 0.25) is 5.79 Å². The fourth-order valence-corrected chi connectivity index (χ4v) is 6.55. The predicted octanol–water partition coefficient (Wildman–Crippen LogP) is 2.57. The van der Waals surface area contributed by atoms with Crippen molar-refractivity contribution in [1.29, 1.82) is 0 Å². The standard InChI is InChI=1S/C21H26O6/c1-4-6-10-19(18(24)26-5-2)14-9-11-20(25-3)21(17(14)23)13(7-8-15(19)21)12-16(22)27-20/h4,9,11,13-15H,1,5-8,10,12H2,2-3H3/t13-,14?,15?,19?,20+,21?/m0/s1. The summed E-state index contributed by atoms with van der Waals surface area (Å²) in [6, 6.07) is 0. The van der Waals surface area contributed by atoms with Gasteiger partial charge in [0.05, 0.1) is 17.9 Å². The summed E-state index contributed by atoms with van der Waals surface area (Å²) in [6.07, 6.45) is 7.84. The Morgan fingerprint density at radius 2 is 2.19 bits per heavy atom. The Morgan fingerprint density at radius 3 is 2.85 bits per heavy atom. The summed E-state index contributed by atoms with van der Waals surface area (Å²) in [7, 11) is 1.46. The Labute approximate surface area is 158 Å². The first-order valence-electron chi connectivity index (χ1n) is 9.73. The number of ether oxygens (including phenoxy) is 3. The lowest BCUT2D eigenvalue weighted by molar-refractivity contribution is -0.274. The van der Waals surface area contributed by atoms with Crippen LogP contribution >= 0.6 is 0 Å². The molecule has 0 aromatic heterocycles. The van der Waals surface area contributed by atoms with E-state index in [-0.39, 0.29) is 42.6 Å². The van der Waals surface area contributed by atoms with Crippen LogP contribution in [0.1, 0.15) is 39.0 Å². The number of esters is 2. The Morgan fingerprint density at radius 1 is 1.41 bits per heavy atom. The SMILES string of the molecule is C=CCCC1(C(=O)OCC)C2C=C[C@@]3(OC)OC(=O)C[C@@H]4CCC1C43C2=O. The van der Waals surface area contributed by atoms with Crippen molar-refractivity contribution in [3.63, 3.8) is 0 Å². The maximum absolute atomic E-state index is 13.8. The van der Waals surface area contributed by atoms with Gasteiger partial charge in [-0.05, 0) is 50.5 Å². The van der Waals surface area contributed by atoms with Crippen LogP contribution in [-0.4, -0.2) is 37.2 Å². The number of methoxy groups -OCH3 is 1. The number of carbonyl (C=O) groups excluding carboxylic acids is 3. The van der Waals surface area contributed by atoms with Crippen LogP contribution in [-0.2, 0) is 28.6 Å². The Hall–Kier alpha value is -1.95. The minimum Gasteiger partial charge on any atom is -0.466 e. The molecule has 0 aromatic rings. The third kappa shape index (κ3) is 1.92. The number of allylic oxidation sites excluding steroid dienone is 2. The van der Waals surface area contributed by atoms with Gasteiger partial charge in [-0.25, -0.2) is 0 Å². The maximum Gasteiger partial charge on any atom is 0.313 e. The molecular weight excluding hydrogens is 348 g/mol. The number of Topliss-reactive ketones (excluding diaryl/α,β-unsaturated/α-hetero) is 1. The lowest BCUT2D eigenvalue weighted by Crippen LogP contribution is -2.63. The molecule has 0 amide bonds. The van der Waals surface area contributed by atoms with E-state index in [0.717, 1.165) is 0 Å². The molecule has 4 aliphatic rings. The zero-order valence-corrected chi connectivity index (χ0v) is 15.9. The van der Waals surface area contributed by atoms with Crippen LogP contribution in [0.5, 0.6) is 0 Å². The van der Waals surface area contributed by atoms with E-state index in [1.54, 1.807) is 25.2 Å². The van der Waals surface area contributed by atoms with Crippen molar-refractivity contribution in [1.82, 2.24) is 0 Å². The molecule has 1 aliphatic heterocycles. The first-order chi connectivity index (χ1) is 12.9. The summed E-state index contributed by atoms with van der Waals surface area (Å²) >= 11 is 0. The van der Waals surface area contributed by atoms with Crippen LogP contribution in [0.25, 0.3) is 0 Å². The van der Waals surface area contributed by atoms with Gasteiger partial charge in [-0.3, -0.25) is 14.4 Å². The molecule has 0 N–H and O–H groups in total. The van der Waals surface area contributed by atoms with Gasteiger partial charge < -0.3 is 14.2 Å². The molecule has 1 heterocycles. The minimum atomic E-state index is -1.43. The highest BCUT2D eigenvalue weighted by atomic mass is 16.7. The van der Waals surface area contributed by atoms with E-state index >= 15 is 0 Å². The van der Waals surface area contributed by atoms with Gasteiger partial charge in [0, 0.05) is 13.5 Å². The molecule has 1 spiro atoms. The van der Waals surface area contributed by atoms with Crippen LogP contribution in [0.4, 0.5) is 0 Å². The second-order valence-corrected chi connectivity index (χ2v) is 8.03. The van der Waals surface area contributed by atoms with E-state index in [2.05, 4.69) is 6.58 Å². The highest BCUT2D eigenvalue weighted by Gasteiger charge is 2.83. The number of hydrogen-bond acceptors (Lipinski definition) is 6. The average molecular weight is 374 g/mol. The molecule has 3 fully saturated rings. The molecule has 0 aromatic carbocycles. The van der Waals surface area contributed by atoms with Crippen molar-refractivity contribution in [2.75, 3.05) is 13.7 Å². The van der Waals surface area contributed by atoms with Gasteiger partial charge in [-0.15, -0.1) is 6.58 Å². The predicted molar refractivity (Wildman–Crippen MR) is 95.2 cm³/mol. The number of rotatable bonds is 6. The van der Waals surface area contributed by atoms with Crippen molar-refractivity contribution in [3.05, 3.63) is 24.8 Å². The summed E-state index contributed by atoms with van der Waals surface area (Å²) in [5, 5.41) is 0. The number of fused-ring (bicyclic) bond motifs is 1. The normalized spacial score (nSPS) is 44.0. The minimum absolute atomic E-state index is 0.0380. The summed E-state index contributed by atoms with van der Waals surface area (Å²) in [6.45, 7) is 5.82. The van der Waals surface area contributed by atoms with Crippen LogP contribution in [0.2, 0.25) is 0 Å². The summed E-state index contributed by atoms with van der Waals surface area (Å²) in [5.74, 6) is -3.19. The number of carbonyl (C=O) groups is 3. The van der Waals surface area contributed by atoms with Crippen LogP contribution in [0.3, 0.4) is 0 Å². The second-order valence-electron chi connectivity index (χ2n) is 8.03. The smallest absolute Gasteiger partial charge is 0.313 e. The van der Waals surface area contributed by atoms with Crippen molar-refractivity contribution in [2.45, 2.75) is 44.8 Å². The van der Waals surface area contributed by atoms with Gasteiger partial charge in [0.1, 0.15) is 5.41 Å². The molecule has 6 atom stereocenters. The molecule has 6 heteroatoms. The first kappa shape index (κ1) is 18.4. The van der Waals surface area contributed by atoms with Crippen LogP contribution < -0.4 is 0 Å². The van der Waals surface area contributed by atoms with E-state index in [4.69, 9.17) is 14.2 Å². The molecule has 0 radical (unpaired) electrons. The molecule has 4 unspecified atom stereocenters. The maximum atomic E-state index is 13.8. The van der Waals surface area contributed by atoms with Crippen molar-refractivity contribution >= 4 is 17.7 Å². The molecular formula is C21H26O6. The average Bonchev–Trinajstić information content (AvgIpc) is 3.08. The summed E-state index contributed by atoms with van der Waals surface area (Å²) in [4.78, 5) is 39.4. The van der Waals surface area contributed by atoms with Gasteiger partial charge in [0.25, 0.3) is 0 Å². The molecule has 27 heavy (non-hydrogen) atoms. The lowest BCUT2D eigenvalue weighted by atomic mass is 9.60. The van der Waals surface area contributed by atoms with Gasteiger partial charge in [-0.1, -0.05) is 12.2 Å². The zero-order valence-electron chi connectivity index (χ0n) is 15.9. The third-order valence-electron chi connectivity index (χ3n) is 7.35. The highest BCUT2D eigenvalue weighted by Crippen LogP contribution is 2.74. The third-order valence-corrected chi connectivity index (χ3v) is 7.35. The van der Waals surface area contributed by atoms with Crippen LogP contribution in [0, 0.1) is 28.6 Å². The van der Waals surface area contributed by atoms with Gasteiger partial charge >= 0.3 is 11.9 Å². The van der Waals surface area contributed by atoms with Crippen molar-refractivity contribution < 1.29 is 28.6 Å². The summed E-state index contributed by atoms with van der Waals surface area (Å²) in [5.41, 5.74) is -1.97. The molecule has 1 saturated heterocycles. The van der Waals surface area contributed by atoms with E-state index in [1.165, 1.54) is 7.11 Å². The van der Waals surface area contributed by atoms with Gasteiger partial charge in [-0.2, -0.15) is 0 Å². The Balaban J connectivity index is 1.94. The molecule has 3 aliphatic carbocycles. The van der Waals surface area contributed by atoms with E-state index in [1.807, 2.05) is 0 Å². The largest absolute Gasteiger partial charge is 0.466 e. The molecule has 6 nitrogen and oxygen atoms in total. The fraction of sp³-hybridized carbons (Fsp3) is 0.667. The highest BCUT2D eigenvalue weighted by molar-refractivity contribution is 6.02. The molecule has 4 rings (SSSR count). The van der Waals surface area contributed by atoms with Crippen LogP contribution in [0.15, 0.2) is 24.8 Å².